The van der Waals surface area contributed by atoms with Crippen LogP contribution in [-0.4, -0.2) is 5.91 Å². The van der Waals surface area contributed by atoms with Gasteiger partial charge in [-0.2, -0.15) is 0 Å². The van der Waals surface area contributed by atoms with Crippen molar-refractivity contribution in [2.45, 2.75) is 13.3 Å². The summed E-state index contributed by atoms with van der Waals surface area (Å²) in [6.45, 7) is 1.98. The zero-order valence-corrected chi connectivity index (χ0v) is 7.93. The van der Waals surface area contributed by atoms with Crippen LogP contribution in [0.1, 0.15) is 13.3 Å². The van der Waals surface area contributed by atoms with E-state index in [0.717, 1.165) is 17.6 Å². The van der Waals surface area contributed by atoms with Gasteiger partial charge in [0.05, 0.1) is 0 Å². The number of hydrogen-bond donors (Lipinski definition) is 0. The Bertz CT molecular complexity index is 359. The number of allylic oxidation sites excluding steroid dienone is 7. The number of hydrogen-bond acceptors (Lipinski definition) is 2. The van der Waals surface area contributed by atoms with Crippen molar-refractivity contribution in [1.29, 1.82) is 0 Å². The van der Waals surface area contributed by atoms with Gasteiger partial charge in [0.15, 0.2) is 0 Å². The largest absolute Gasteiger partial charge is 0.309 e. The fraction of sp³-hybridized carbons (Fsp3) is 0.182. The summed E-state index contributed by atoms with van der Waals surface area (Å²) in [4.78, 5) is 20.4. The molecule has 0 aromatic heterocycles. The minimum Gasteiger partial charge on any atom is -0.264 e. The first-order chi connectivity index (χ1) is 6.72. The van der Waals surface area contributed by atoms with Crippen LogP contribution in [0.4, 0.5) is 0 Å². The third-order valence-corrected chi connectivity index (χ3v) is 1.77. The molecule has 0 radical (unpaired) electrons. The van der Waals surface area contributed by atoms with Crippen LogP contribution in [0.5, 0.6) is 0 Å². The SMILES string of the molecule is CC1=CC(/C=C\C(=O)N=O)=CCC=C1. The van der Waals surface area contributed by atoms with Crippen molar-refractivity contribution in [3.05, 3.63) is 52.5 Å². The van der Waals surface area contributed by atoms with Crippen LogP contribution in [0.3, 0.4) is 0 Å². The van der Waals surface area contributed by atoms with Crippen LogP contribution in [0.25, 0.3) is 0 Å². The van der Waals surface area contributed by atoms with Crippen LogP contribution >= 0.6 is 0 Å². The molecule has 3 heteroatoms. The van der Waals surface area contributed by atoms with Gasteiger partial charge in [-0.15, -0.1) is 4.91 Å². The second kappa shape index (κ2) is 5.07. The molecule has 0 heterocycles. The molecular formula is C11H11NO2. The van der Waals surface area contributed by atoms with Gasteiger partial charge in [0, 0.05) is 11.3 Å². The molecule has 0 unspecified atom stereocenters. The molecule has 1 aliphatic carbocycles. The van der Waals surface area contributed by atoms with Gasteiger partial charge in [0.25, 0.3) is 0 Å². The lowest BCUT2D eigenvalue weighted by atomic mass is 10.1. The van der Waals surface area contributed by atoms with Crippen molar-refractivity contribution in [2.75, 3.05) is 0 Å². The van der Waals surface area contributed by atoms with Crippen LogP contribution in [0.15, 0.2) is 52.8 Å². The van der Waals surface area contributed by atoms with Gasteiger partial charge < -0.3 is 0 Å². The Hall–Kier alpha value is -1.77. The van der Waals surface area contributed by atoms with Crippen molar-refractivity contribution < 1.29 is 4.79 Å². The number of nitroso groups, excluding NO2 is 1. The maximum Gasteiger partial charge on any atom is 0.309 e. The molecule has 0 bridgehead atoms. The molecule has 0 atom stereocenters. The van der Waals surface area contributed by atoms with Crippen molar-refractivity contribution in [2.24, 2.45) is 5.18 Å². The fourth-order valence-electron chi connectivity index (χ4n) is 1.14. The summed E-state index contributed by atoms with van der Waals surface area (Å²) >= 11 is 0. The number of carbonyl (C=O) groups excluding carboxylic acids is 1. The summed E-state index contributed by atoms with van der Waals surface area (Å²) in [6.07, 6.45) is 11.6. The first-order valence-electron chi connectivity index (χ1n) is 4.33. The molecule has 72 valence electrons. The first kappa shape index (κ1) is 10.3. The zero-order chi connectivity index (χ0) is 10.4. The topological polar surface area (TPSA) is 46.5 Å². The molecule has 0 saturated carbocycles. The molecule has 14 heavy (non-hydrogen) atoms. The molecule has 0 saturated heterocycles. The first-order valence-corrected chi connectivity index (χ1v) is 4.33. The molecule has 1 rings (SSSR count). The highest BCUT2D eigenvalue weighted by Gasteiger charge is 1.95. The van der Waals surface area contributed by atoms with E-state index in [2.05, 4.69) is 5.18 Å². The summed E-state index contributed by atoms with van der Waals surface area (Å²) in [5.41, 5.74) is 2.04. The van der Waals surface area contributed by atoms with E-state index in [9.17, 15) is 9.70 Å². The van der Waals surface area contributed by atoms with Crippen LogP contribution in [0, 0.1) is 4.91 Å². The Morgan fingerprint density at radius 2 is 2.36 bits per heavy atom. The summed E-state index contributed by atoms with van der Waals surface area (Å²) in [5.74, 6) is -0.755. The minimum atomic E-state index is -0.755. The predicted molar refractivity (Wildman–Crippen MR) is 55.5 cm³/mol. The normalized spacial score (nSPS) is 16.1. The van der Waals surface area contributed by atoms with E-state index in [0.29, 0.717) is 0 Å². The lowest BCUT2D eigenvalue weighted by Crippen LogP contribution is -1.83. The van der Waals surface area contributed by atoms with Gasteiger partial charge >= 0.3 is 5.91 Å². The van der Waals surface area contributed by atoms with E-state index in [1.165, 1.54) is 6.08 Å². The van der Waals surface area contributed by atoms with Gasteiger partial charge in [-0.3, -0.25) is 4.79 Å². The van der Waals surface area contributed by atoms with Crippen molar-refractivity contribution in [3.63, 3.8) is 0 Å². The smallest absolute Gasteiger partial charge is 0.264 e. The second-order valence-electron chi connectivity index (χ2n) is 2.99. The average Bonchev–Trinajstić information content (AvgIpc) is 2.39. The van der Waals surface area contributed by atoms with E-state index < -0.39 is 5.91 Å². The Kier molecular flexibility index (Phi) is 3.73. The van der Waals surface area contributed by atoms with Crippen molar-refractivity contribution >= 4 is 5.91 Å². The molecule has 0 aromatic carbocycles. The van der Waals surface area contributed by atoms with Gasteiger partial charge in [0.1, 0.15) is 0 Å². The number of nitrogens with zero attached hydrogens (tertiary/aromatic N) is 1. The fourth-order valence-corrected chi connectivity index (χ4v) is 1.14. The molecule has 1 amide bonds. The summed E-state index contributed by atoms with van der Waals surface area (Å²) in [5, 5.41) is 2.28. The van der Waals surface area contributed by atoms with E-state index in [-0.39, 0.29) is 0 Å². The number of carbonyl (C=O) groups is 1. The van der Waals surface area contributed by atoms with Crippen molar-refractivity contribution in [3.8, 4) is 0 Å². The van der Waals surface area contributed by atoms with Gasteiger partial charge in [0.2, 0.25) is 0 Å². The highest BCUT2D eigenvalue weighted by atomic mass is 16.3. The monoisotopic (exact) mass is 189 g/mol. The number of rotatable bonds is 2. The second-order valence-corrected chi connectivity index (χ2v) is 2.99. The van der Waals surface area contributed by atoms with Gasteiger partial charge in [-0.05, 0) is 25.0 Å². The highest BCUT2D eigenvalue weighted by molar-refractivity contribution is 5.88. The minimum absolute atomic E-state index is 0.755. The van der Waals surface area contributed by atoms with Gasteiger partial charge in [-0.25, -0.2) is 0 Å². The Labute approximate surface area is 82.5 Å². The Morgan fingerprint density at radius 1 is 1.57 bits per heavy atom. The molecule has 0 aromatic rings. The molecular weight excluding hydrogens is 178 g/mol. The molecule has 0 spiro atoms. The lowest BCUT2D eigenvalue weighted by molar-refractivity contribution is -0.113. The van der Waals surface area contributed by atoms with E-state index in [4.69, 9.17) is 0 Å². The summed E-state index contributed by atoms with van der Waals surface area (Å²) in [6, 6.07) is 0. The maximum atomic E-state index is 10.6. The molecule has 3 nitrogen and oxygen atoms in total. The Morgan fingerprint density at radius 3 is 3.07 bits per heavy atom. The third kappa shape index (κ3) is 3.31. The zero-order valence-electron chi connectivity index (χ0n) is 7.93. The number of amides is 1. The third-order valence-electron chi connectivity index (χ3n) is 1.77. The van der Waals surface area contributed by atoms with Gasteiger partial charge in [-0.1, -0.05) is 29.9 Å². The van der Waals surface area contributed by atoms with Crippen LogP contribution < -0.4 is 0 Å². The lowest BCUT2D eigenvalue weighted by Gasteiger charge is -1.91. The highest BCUT2D eigenvalue weighted by Crippen LogP contribution is 2.11. The predicted octanol–water partition coefficient (Wildman–Crippen LogP) is 2.67. The van der Waals surface area contributed by atoms with E-state index in [1.54, 1.807) is 6.08 Å². The summed E-state index contributed by atoms with van der Waals surface area (Å²) in [7, 11) is 0. The Balaban J connectivity index is 2.75. The van der Waals surface area contributed by atoms with Crippen LogP contribution in [0.2, 0.25) is 0 Å². The molecule has 1 aliphatic rings. The van der Waals surface area contributed by atoms with E-state index >= 15 is 0 Å². The van der Waals surface area contributed by atoms with Crippen molar-refractivity contribution in [1.82, 2.24) is 0 Å². The van der Waals surface area contributed by atoms with Crippen LogP contribution in [-0.2, 0) is 4.79 Å². The van der Waals surface area contributed by atoms with E-state index in [1.807, 2.05) is 31.2 Å². The average molecular weight is 189 g/mol. The standard InChI is InChI=1S/C11H11NO2/c1-9-4-2-3-5-10(8-9)6-7-11(13)12-14/h2,4-8H,3H2,1H3/b7-6-. The summed E-state index contributed by atoms with van der Waals surface area (Å²) < 4.78 is 0. The molecule has 0 N–H and O–H groups in total. The quantitative estimate of drug-likeness (QED) is 0.495. The maximum absolute atomic E-state index is 10.6. The molecule has 0 fully saturated rings. The molecule has 0 aliphatic heterocycles.